The highest BCUT2D eigenvalue weighted by molar-refractivity contribution is 5.91. The molecule has 0 radical (unpaired) electrons. The Balaban J connectivity index is 1.92. The highest BCUT2D eigenvalue weighted by atomic mass is 16.5. The summed E-state index contributed by atoms with van der Waals surface area (Å²) in [5.41, 5.74) is 3.51. The van der Waals surface area contributed by atoms with E-state index in [-0.39, 0.29) is 12.5 Å². The van der Waals surface area contributed by atoms with E-state index < -0.39 is 0 Å². The molecule has 1 aromatic carbocycles. The summed E-state index contributed by atoms with van der Waals surface area (Å²) < 4.78 is 5.55. The van der Waals surface area contributed by atoms with E-state index in [0.29, 0.717) is 17.5 Å². The number of pyridine rings is 1. The minimum absolute atomic E-state index is 0.0317. The molecule has 4 heteroatoms. The Morgan fingerprint density at radius 1 is 1.23 bits per heavy atom. The summed E-state index contributed by atoms with van der Waals surface area (Å²) in [5.74, 6) is 1.50. The number of anilines is 1. The zero-order valence-corrected chi connectivity index (χ0v) is 13.5. The van der Waals surface area contributed by atoms with Crippen LogP contribution in [0, 0.1) is 13.8 Å². The second-order valence-corrected chi connectivity index (χ2v) is 5.73. The fourth-order valence-corrected chi connectivity index (χ4v) is 2.32. The molecule has 4 nitrogen and oxygen atoms in total. The Bertz CT molecular complexity index is 666. The maximum atomic E-state index is 11.9. The molecule has 0 fully saturated rings. The Labute approximate surface area is 131 Å². The molecular weight excluding hydrogens is 276 g/mol. The summed E-state index contributed by atoms with van der Waals surface area (Å²) in [6, 6.07) is 9.62. The molecule has 2 rings (SSSR count). The Kier molecular flexibility index (Phi) is 5.15. The van der Waals surface area contributed by atoms with Crippen molar-refractivity contribution in [2.75, 3.05) is 11.9 Å². The lowest BCUT2D eigenvalue weighted by atomic mass is 9.98. The van der Waals surface area contributed by atoms with E-state index in [4.69, 9.17) is 4.74 Å². The maximum Gasteiger partial charge on any atom is 0.263 e. The van der Waals surface area contributed by atoms with Crippen LogP contribution in [0.15, 0.2) is 36.5 Å². The normalized spacial score (nSPS) is 10.6. The first-order valence-electron chi connectivity index (χ1n) is 7.41. The summed E-state index contributed by atoms with van der Waals surface area (Å²) in [5, 5.41) is 2.72. The fraction of sp³-hybridized carbons (Fsp3) is 0.333. The van der Waals surface area contributed by atoms with E-state index in [1.165, 1.54) is 11.1 Å². The van der Waals surface area contributed by atoms with Crippen LogP contribution in [0.25, 0.3) is 0 Å². The molecule has 0 saturated carbocycles. The van der Waals surface area contributed by atoms with Crippen LogP contribution in [0.3, 0.4) is 0 Å². The van der Waals surface area contributed by atoms with Crippen LogP contribution in [0.2, 0.25) is 0 Å². The number of rotatable bonds is 5. The highest BCUT2D eigenvalue weighted by Crippen LogP contribution is 2.23. The SMILES string of the molecule is Cc1ccnc(NC(=O)COc2ccc(C(C)C)c(C)c2)c1. The van der Waals surface area contributed by atoms with Crippen molar-refractivity contribution in [2.45, 2.75) is 33.6 Å². The number of carbonyl (C=O) groups excluding carboxylic acids is 1. The largest absolute Gasteiger partial charge is 0.484 e. The van der Waals surface area contributed by atoms with Crippen LogP contribution < -0.4 is 10.1 Å². The lowest BCUT2D eigenvalue weighted by Gasteiger charge is -2.12. The summed E-state index contributed by atoms with van der Waals surface area (Å²) in [6.45, 7) is 8.29. The molecule has 2 aromatic rings. The minimum atomic E-state index is -0.219. The molecular formula is C18H22N2O2. The Morgan fingerprint density at radius 3 is 2.64 bits per heavy atom. The standard InChI is InChI=1S/C18H22N2O2/c1-12(2)16-6-5-15(10-14(16)4)22-11-18(21)20-17-9-13(3)7-8-19-17/h5-10,12H,11H2,1-4H3,(H,19,20,21). The van der Waals surface area contributed by atoms with E-state index in [2.05, 4.69) is 37.1 Å². The first kappa shape index (κ1) is 16.0. The van der Waals surface area contributed by atoms with Crippen molar-refractivity contribution in [1.82, 2.24) is 4.98 Å². The molecule has 0 bridgehead atoms. The molecule has 0 spiro atoms. The third-order valence-corrected chi connectivity index (χ3v) is 3.42. The minimum Gasteiger partial charge on any atom is -0.484 e. The molecule has 1 amide bonds. The molecule has 0 aliphatic carbocycles. The summed E-state index contributed by atoms with van der Waals surface area (Å²) >= 11 is 0. The van der Waals surface area contributed by atoms with Gasteiger partial charge < -0.3 is 10.1 Å². The van der Waals surface area contributed by atoms with Crippen molar-refractivity contribution in [2.24, 2.45) is 0 Å². The zero-order chi connectivity index (χ0) is 16.1. The molecule has 0 aliphatic rings. The van der Waals surface area contributed by atoms with Crippen molar-refractivity contribution in [3.05, 3.63) is 53.2 Å². The predicted octanol–water partition coefficient (Wildman–Crippen LogP) is 3.84. The number of hydrogen-bond acceptors (Lipinski definition) is 3. The lowest BCUT2D eigenvalue weighted by molar-refractivity contribution is -0.118. The third kappa shape index (κ3) is 4.32. The average Bonchev–Trinajstić information content (AvgIpc) is 2.45. The number of amides is 1. The summed E-state index contributed by atoms with van der Waals surface area (Å²) in [7, 11) is 0. The van der Waals surface area contributed by atoms with Gasteiger partial charge in [-0.2, -0.15) is 0 Å². The zero-order valence-electron chi connectivity index (χ0n) is 13.5. The summed E-state index contributed by atoms with van der Waals surface area (Å²) in [6.07, 6.45) is 1.67. The quantitative estimate of drug-likeness (QED) is 0.912. The van der Waals surface area contributed by atoms with Gasteiger partial charge in [0.2, 0.25) is 0 Å². The summed E-state index contributed by atoms with van der Waals surface area (Å²) in [4.78, 5) is 16.0. The Morgan fingerprint density at radius 2 is 2.00 bits per heavy atom. The monoisotopic (exact) mass is 298 g/mol. The number of hydrogen-bond donors (Lipinski definition) is 1. The van der Waals surface area contributed by atoms with Crippen LogP contribution in [0.5, 0.6) is 5.75 Å². The molecule has 0 aliphatic heterocycles. The van der Waals surface area contributed by atoms with E-state index >= 15 is 0 Å². The molecule has 0 unspecified atom stereocenters. The lowest BCUT2D eigenvalue weighted by Crippen LogP contribution is -2.20. The van der Waals surface area contributed by atoms with Crippen molar-refractivity contribution in [1.29, 1.82) is 0 Å². The number of aromatic nitrogens is 1. The van der Waals surface area contributed by atoms with Gasteiger partial charge in [0, 0.05) is 6.20 Å². The molecule has 116 valence electrons. The van der Waals surface area contributed by atoms with Gasteiger partial charge >= 0.3 is 0 Å². The van der Waals surface area contributed by atoms with Gasteiger partial charge in [0.25, 0.3) is 5.91 Å². The topological polar surface area (TPSA) is 51.2 Å². The maximum absolute atomic E-state index is 11.9. The van der Waals surface area contributed by atoms with Crippen LogP contribution >= 0.6 is 0 Å². The van der Waals surface area contributed by atoms with Crippen LogP contribution in [-0.4, -0.2) is 17.5 Å². The second-order valence-electron chi connectivity index (χ2n) is 5.73. The first-order chi connectivity index (χ1) is 10.5. The third-order valence-electron chi connectivity index (χ3n) is 3.42. The van der Waals surface area contributed by atoms with Gasteiger partial charge in [-0.25, -0.2) is 4.98 Å². The number of benzene rings is 1. The van der Waals surface area contributed by atoms with Gasteiger partial charge in [0.15, 0.2) is 6.61 Å². The van der Waals surface area contributed by atoms with Crippen LogP contribution in [0.4, 0.5) is 5.82 Å². The van der Waals surface area contributed by atoms with E-state index in [9.17, 15) is 4.79 Å². The predicted molar refractivity (Wildman–Crippen MR) is 88.4 cm³/mol. The van der Waals surface area contributed by atoms with Crippen molar-refractivity contribution in [3.63, 3.8) is 0 Å². The second kappa shape index (κ2) is 7.07. The van der Waals surface area contributed by atoms with E-state index in [1.807, 2.05) is 31.2 Å². The van der Waals surface area contributed by atoms with Gasteiger partial charge in [0.05, 0.1) is 0 Å². The van der Waals surface area contributed by atoms with Gasteiger partial charge in [0.1, 0.15) is 11.6 Å². The Hall–Kier alpha value is -2.36. The van der Waals surface area contributed by atoms with Gasteiger partial charge in [-0.15, -0.1) is 0 Å². The van der Waals surface area contributed by atoms with Crippen LogP contribution in [-0.2, 0) is 4.79 Å². The fourth-order valence-electron chi connectivity index (χ4n) is 2.32. The number of ether oxygens (including phenoxy) is 1. The van der Waals surface area contributed by atoms with Gasteiger partial charge in [-0.1, -0.05) is 19.9 Å². The first-order valence-corrected chi connectivity index (χ1v) is 7.41. The van der Waals surface area contributed by atoms with Crippen molar-refractivity contribution < 1.29 is 9.53 Å². The van der Waals surface area contributed by atoms with Crippen molar-refractivity contribution in [3.8, 4) is 5.75 Å². The number of nitrogens with one attached hydrogen (secondary N) is 1. The van der Waals surface area contributed by atoms with Gasteiger partial charge in [-0.3, -0.25) is 4.79 Å². The van der Waals surface area contributed by atoms with E-state index in [1.54, 1.807) is 6.20 Å². The molecule has 1 N–H and O–H groups in total. The van der Waals surface area contributed by atoms with Crippen LogP contribution in [0.1, 0.15) is 36.5 Å². The number of carbonyl (C=O) groups is 1. The highest BCUT2D eigenvalue weighted by Gasteiger charge is 2.07. The molecule has 0 saturated heterocycles. The number of aryl methyl sites for hydroxylation is 2. The molecule has 0 atom stereocenters. The average molecular weight is 298 g/mol. The molecule has 1 aromatic heterocycles. The van der Waals surface area contributed by atoms with Gasteiger partial charge in [-0.05, 0) is 60.7 Å². The molecule has 22 heavy (non-hydrogen) atoms. The van der Waals surface area contributed by atoms with E-state index in [0.717, 1.165) is 5.56 Å². The number of nitrogens with zero attached hydrogens (tertiary/aromatic N) is 1. The smallest absolute Gasteiger partial charge is 0.263 e. The van der Waals surface area contributed by atoms with Crippen molar-refractivity contribution >= 4 is 11.7 Å². The molecule has 1 heterocycles.